The Morgan fingerprint density at radius 2 is 1.29 bits per heavy atom. The topological polar surface area (TPSA) is 34.1 Å². The van der Waals surface area contributed by atoms with Gasteiger partial charge in [0.05, 0.1) is 20.6 Å². The number of hydrogen-bond donors (Lipinski definition) is 0. The van der Waals surface area contributed by atoms with Crippen LogP contribution in [-0.2, 0) is 15.6 Å². The summed E-state index contributed by atoms with van der Waals surface area (Å²) in [4.78, 5) is 13.1. The van der Waals surface area contributed by atoms with E-state index in [0.29, 0.717) is 9.81 Å². The number of aryl methyl sites for hydroxylation is 1. The minimum atomic E-state index is -1.34. The average molecular weight is 294 g/mol. The molecule has 1 heterocycles. The van der Waals surface area contributed by atoms with Gasteiger partial charge in [0, 0.05) is 12.2 Å². The second kappa shape index (κ2) is 5.62. The quantitative estimate of drug-likeness (QED) is 0.846. The fraction of sp³-hybridized carbons (Fsp3) is 0.0556. The standard InChI is InChI=1S/C18H14O2S/c1-13-7-9-15(10-8-13)18-12-16(19)11-17(21(18)20)14-5-3-2-4-6-14/h2-12H,1H3. The van der Waals surface area contributed by atoms with E-state index in [1.807, 2.05) is 61.5 Å². The van der Waals surface area contributed by atoms with Crippen molar-refractivity contribution in [2.24, 2.45) is 0 Å². The van der Waals surface area contributed by atoms with Crippen LogP contribution in [0.1, 0.15) is 16.7 Å². The second-order valence-corrected chi connectivity index (χ2v) is 6.34. The van der Waals surface area contributed by atoms with E-state index < -0.39 is 10.8 Å². The third-order valence-electron chi connectivity index (χ3n) is 3.34. The van der Waals surface area contributed by atoms with Crippen molar-refractivity contribution in [1.82, 2.24) is 0 Å². The molecular weight excluding hydrogens is 280 g/mol. The molecule has 21 heavy (non-hydrogen) atoms. The Labute approximate surface area is 126 Å². The van der Waals surface area contributed by atoms with Crippen molar-refractivity contribution >= 4 is 26.4 Å². The van der Waals surface area contributed by atoms with Gasteiger partial charge in [-0.3, -0.25) is 4.79 Å². The lowest BCUT2D eigenvalue weighted by Gasteiger charge is -2.15. The summed E-state index contributed by atoms with van der Waals surface area (Å²) in [6.45, 7) is 2.00. The van der Waals surface area contributed by atoms with Crippen molar-refractivity contribution in [3.05, 3.63) is 83.4 Å². The summed E-state index contributed by atoms with van der Waals surface area (Å²) < 4.78 is 12.8. The molecule has 104 valence electrons. The molecule has 2 nitrogen and oxygen atoms in total. The van der Waals surface area contributed by atoms with Gasteiger partial charge in [-0.25, -0.2) is 4.21 Å². The van der Waals surface area contributed by atoms with Gasteiger partial charge < -0.3 is 0 Å². The molecule has 3 rings (SSSR count). The van der Waals surface area contributed by atoms with Gasteiger partial charge in [0.25, 0.3) is 0 Å². The third-order valence-corrected chi connectivity index (χ3v) is 4.85. The van der Waals surface area contributed by atoms with Gasteiger partial charge >= 0.3 is 0 Å². The van der Waals surface area contributed by atoms with E-state index in [-0.39, 0.29) is 5.78 Å². The second-order valence-electron chi connectivity index (χ2n) is 4.92. The fourth-order valence-corrected chi connectivity index (χ4v) is 3.61. The Balaban J connectivity index is 2.03. The number of carbonyl (C=O) groups excluding carboxylic acids is 1. The van der Waals surface area contributed by atoms with Gasteiger partial charge in [-0.2, -0.15) is 0 Å². The normalized spacial score (nSPS) is 18.1. The predicted molar refractivity (Wildman–Crippen MR) is 86.7 cm³/mol. The highest BCUT2D eigenvalue weighted by molar-refractivity contribution is 8.03. The van der Waals surface area contributed by atoms with Crippen molar-refractivity contribution < 1.29 is 9.00 Å². The molecule has 2 aromatic carbocycles. The van der Waals surface area contributed by atoms with Crippen LogP contribution < -0.4 is 0 Å². The smallest absolute Gasteiger partial charge is 0.181 e. The van der Waals surface area contributed by atoms with Crippen molar-refractivity contribution in [3.63, 3.8) is 0 Å². The molecule has 0 aliphatic carbocycles. The van der Waals surface area contributed by atoms with Gasteiger partial charge in [0.2, 0.25) is 0 Å². The Kier molecular flexibility index (Phi) is 3.67. The molecule has 2 aromatic rings. The summed E-state index contributed by atoms with van der Waals surface area (Å²) >= 11 is 0. The fourth-order valence-electron chi connectivity index (χ4n) is 2.23. The highest BCUT2D eigenvalue weighted by atomic mass is 32.2. The van der Waals surface area contributed by atoms with Crippen LogP contribution in [0.2, 0.25) is 0 Å². The maximum atomic E-state index is 12.8. The molecule has 1 aliphatic rings. The Morgan fingerprint density at radius 3 is 1.86 bits per heavy atom. The number of carbonyl (C=O) groups is 1. The minimum Gasteiger partial charge on any atom is -0.290 e. The molecule has 0 amide bonds. The van der Waals surface area contributed by atoms with E-state index >= 15 is 0 Å². The lowest BCUT2D eigenvalue weighted by Crippen LogP contribution is -2.07. The summed E-state index contributed by atoms with van der Waals surface area (Å²) in [6.07, 6.45) is 2.93. The lowest BCUT2D eigenvalue weighted by molar-refractivity contribution is -0.110. The summed E-state index contributed by atoms with van der Waals surface area (Å²) in [5.74, 6) is -0.121. The van der Waals surface area contributed by atoms with Crippen LogP contribution in [0.5, 0.6) is 0 Å². The Bertz CT molecular complexity index is 769. The van der Waals surface area contributed by atoms with E-state index in [0.717, 1.165) is 16.7 Å². The van der Waals surface area contributed by atoms with E-state index in [1.54, 1.807) is 0 Å². The molecule has 0 N–H and O–H groups in total. The van der Waals surface area contributed by atoms with Gasteiger partial charge in [-0.05, 0) is 18.1 Å². The first-order valence-electron chi connectivity index (χ1n) is 6.67. The van der Waals surface area contributed by atoms with Crippen LogP contribution in [0.25, 0.3) is 9.81 Å². The molecule has 0 aromatic heterocycles. The van der Waals surface area contributed by atoms with Gasteiger partial charge in [0.15, 0.2) is 5.78 Å². The molecule has 1 atom stereocenters. The molecule has 1 unspecified atom stereocenters. The lowest BCUT2D eigenvalue weighted by atomic mass is 10.1. The van der Waals surface area contributed by atoms with Crippen LogP contribution in [-0.4, -0.2) is 9.99 Å². The zero-order valence-electron chi connectivity index (χ0n) is 11.6. The Hall–Kier alpha value is -2.26. The van der Waals surface area contributed by atoms with Crippen LogP contribution in [0, 0.1) is 6.92 Å². The number of hydrogen-bond acceptors (Lipinski definition) is 2. The minimum absolute atomic E-state index is 0.121. The Morgan fingerprint density at radius 1 is 0.762 bits per heavy atom. The number of rotatable bonds is 2. The van der Waals surface area contributed by atoms with E-state index in [4.69, 9.17) is 0 Å². The molecule has 0 saturated carbocycles. The van der Waals surface area contributed by atoms with Crippen LogP contribution in [0.4, 0.5) is 0 Å². The maximum Gasteiger partial charge on any atom is 0.181 e. The highest BCUT2D eigenvalue weighted by Crippen LogP contribution is 2.32. The molecule has 0 fully saturated rings. The number of benzene rings is 2. The van der Waals surface area contributed by atoms with Crippen LogP contribution in [0.15, 0.2) is 66.7 Å². The van der Waals surface area contributed by atoms with Crippen LogP contribution >= 0.6 is 0 Å². The number of ketones is 1. The van der Waals surface area contributed by atoms with Crippen molar-refractivity contribution in [3.8, 4) is 0 Å². The third kappa shape index (κ3) is 2.78. The molecule has 0 spiro atoms. The molecule has 1 aliphatic heterocycles. The highest BCUT2D eigenvalue weighted by Gasteiger charge is 2.22. The molecule has 0 bridgehead atoms. The SMILES string of the molecule is Cc1ccc(C2=CC(=O)C=C(c3ccccc3)S2=O)cc1. The summed E-state index contributed by atoms with van der Waals surface area (Å²) in [6, 6.07) is 17.1. The number of allylic oxidation sites excluding steroid dienone is 2. The monoisotopic (exact) mass is 294 g/mol. The first-order valence-corrected chi connectivity index (χ1v) is 7.82. The predicted octanol–water partition coefficient (Wildman–Crippen LogP) is 3.71. The largest absolute Gasteiger partial charge is 0.290 e. The zero-order valence-corrected chi connectivity index (χ0v) is 12.4. The van der Waals surface area contributed by atoms with Crippen molar-refractivity contribution in [1.29, 1.82) is 0 Å². The van der Waals surface area contributed by atoms with E-state index in [9.17, 15) is 9.00 Å². The van der Waals surface area contributed by atoms with Gasteiger partial charge in [-0.1, -0.05) is 60.2 Å². The zero-order chi connectivity index (χ0) is 14.8. The summed E-state index contributed by atoms with van der Waals surface area (Å²) in [5.41, 5.74) is 2.78. The maximum absolute atomic E-state index is 12.8. The van der Waals surface area contributed by atoms with Crippen molar-refractivity contribution in [2.75, 3.05) is 0 Å². The summed E-state index contributed by atoms with van der Waals surface area (Å²) in [7, 11) is -1.34. The molecule has 3 heteroatoms. The molecule has 0 radical (unpaired) electrons. The van der Waals surface area contributed by atoms with Crippen LogP contribution in [0.3, 0.4) is 0 Å². The van der Waals surface area contributed by atoms with Gasteiger partial charge in [-0.15, -0.1) is 0 Å². The average Bonchev–Trinajstić information content (AvgIpc) is 2.51. The van der Waals surface area contributed by atoms with Gasteiger partial charge in [0.1, 0.15) is 0 Å². The molecule has 0 saturated heterocycles. The van der Waals surface area contributed by atoms with E-state index in [1.165, 1.54) is 12.2 Å². The molecular formula is C18H14O2S. The first-order chi connectivity index (χ1) is 10.1. The van der Waals surface area contributed by atoms with E-state index in [2.05, 4.69) is 0 Å². The van der Waals surface area contributed by atoms with Crippen molar-refractivity contribution in [2.45, 2.75) is 6.92 Å². The summed E-state index contributed by atoms with van der Waals surface area (Å²) in [5, 5.41) is 0. The first kappa shape index (κ1) is 13.7.